The summed E-state index contributed by atoms with van der Waals surface area (Å²) in [6.45, 7) is 5.82. The smallest absolute Gasteiger partial charge is 0.261 e. The number of amides is 3. The molecule has 290 valence electrons. The molecule has 0 unspecified atom stereocenters. The van der Waals surface area contributed by atoms with E-state index < -0.39 is 23.2 Å². The van der Waals surface area contributed by atoms with E-state index in [1.165, 1.54) is 92.1 Å². The lowest BCUT2D eigenvalue weighted by Gasteiger charge is -2.37. The van der Waals surface area contributed by atoms with Crippen LogP contribution in [0.2, 0.25) is 0 Å². The summed E-state index contributed by atoms with van der Waals surface area (Å²) in [6, 6.07) is 27.7. The zero-order valence-corrected chi connectivity index (χ0v) is 33.0. The second-order valence-corrected chi connectivity index (χ2v) is 15.4. The van der Waals surface area contributed by atoms with Gasteiger partial charge in [-0.3, -0.25) is 14.4 Å². The highest BCUT2D eigenvalue weighted by Gasteiger charge is 2.68. The molecule has 3 aliphatic rings. The van der Waals surface area contributed by atoms with Gasteiger partial charge in [0.05, 0.1) is 28.5 Å². The van der Waals surface area contributed by atoms with Crippen LogP contribution in [-0.4, -0.2) is 34.9 Å². The first-order valence-electron chi connectivity index (χ1n) is 20.7. The number of hydrazone groups is 3. The van der Waals surface area contributed by atoms with Crippen molar-refractivity contribution in [2.24, 2.45) is 32.6 Å². The lowest BCUT2D eigenvalue weighted by molar-refractivity contribution is -0.136. The second-order valence-electron chi connectivity index (χ2n) is 15.4. The van der Waals surface area contributed by atoms with Crippen LogP contribution < -0.4 is 15.0 Å². The van der Waals surface area contributed by atoms with Crippen LogP contribution in [0.1, 0.15) is 124 Å². The summed E-state index contributed by atoms with van der Waals surface area (Å²) in [5, 5.41) is 18.7. The molecule has 0 spiro atoms. The van der Waals surface area contributed by atoms with E-state index in [1.807, 2.05) is 91.0 Å². The van der Waals surface area contributed by atoms with Crippen molar-refractivity contribution in [2.45, 2.75) is 124 Å². The van der Waals surface area contributed by atoms with Crippen molar-refractivity contribution >= 4 is 51.9 Å². The summed E-state index contributed by atoms with van der Waals surface area (Å²) < 4.78 is 0. The number of hydrogen-bond acceptors (Lipinski definition) is 6. The molecule has 0 bridgehead atoms. The molecule has 3 aromatic rings. The third-order valence-electron chi connectivity index (χ3n) is 11.5. The minimum atomic E-state index is -1.67. The van der Waals surface area contributed by atoms with Crippen LogP contribution in [0.4, 0.5) is 17.1 Å². The summed E-state index contributed by atoms with van der Waals surface area (Å²) in [5.41, 5.74) is 1.59. The topological polar surface area (TPSA) is 98.0 Å². The predicted octanol–water partition coefficient (Wildman–Crippen LogP) is 10.7. The molecule has 3 aliphatic heterocycles. The average Bonchev–Trinajstić information content (AvgIpc) is 3.80. The molecule has 55 heavy (non-hydrogen) atoms. The highest BCUT2D eigenvalue weighted by molar-refractivity contribution is 6.33. The third kappa shape index (κ3) is 8.66. The average molecular weight is 743 g/mol. The number of benzene rings is 3. The SMILES string of the molecule is CCCCCCCCCCCCCCCCCC1=NN(c2ccccc2)C(=O)[C@@H]1[C@]1([C@@H]2C(=O)N(c3ccccc3)N=C2C)C(=O)N(c2ccccc2)N=C1C. The van der Waals surface area contributed by atoms with Gasteiger partial charge < -0.3 is 0 Å². The van der Waals surface area contributed by atoms with Gasteiger partial charge in [-0.1, -0.05) is 151 Å². The molecule has 3 heterocycles. The maximum Gasteiger partial charge on any atom is 0.261 e. The molecule has 9 nitrogen and oxygen atoms in total. The van der Waals surface area contributed by atoms with E-state index in [-0.39, 0.29) is 11.8 Å². The Kier molecular flexibility index (Phi) is 13.8. The van der Waals surface area contributed by atoms with Crippen LogP contribution in [0.25, 0.3) is 0 Å². The normalized spacial score (nSPS) is 21.1. The van der Waals surface area contributed by atoms with Gasteiger partial charge in [0.25, 0.3) is 17.7 Å². The lowest BCUT2D eigenvalue weighted by Crippen LogP contribution is -2.59. The van der Waals surface area contributed by atoms with Crippen molar-refractivity contribution in [3.05, 3.63) is 91.0 Å². The summed E-state index contributed by atoms with van der Waals surface area (Å²) in [5.74, 6) is -3.22. The molecule has 0 aliphatic carbocycles. The van der Waals surface area contributed by atoms with Crippen molar-refractivity contribution in [1.82, 2.24) is 0 Å². The van der Waals surface area contributed by atoms with E-state index >= 15 is 4.79 Å². The van der Waals surface area contributed by atoms with E-state index in [4.69, 9.17) is 15.3 Å². The molecular weight excluding hydrogens is 685 g/mol. The van der Waals surface area contributed by atoms with E-state index in [2.05, 4.69) is 6.92 Å². The fourth-order valence-electron chi connectivity index (χ4n) is 8.61. The molecule has 3 atom stereocenters. The van der Waals surface area contributed by atoms with Crippen LogP contribution in [0.15, 0.2) is 106 Å². The molecule has 0 N–H and O–H groups in total. The Hall–Kier alpha value is -4.92. The number of hydrogen-bond donors (Lipinski definition) is 0. The fraction of sp³-hybridized carbons (Fsp3) is 0.478. The molecule has 3 aromatic carbocycles. The minimum Gasteiger partial charge on any atom is -0.272 e. The molecule has 0 saturated carbocycles. The van der Waals surface area contributed by atoms with Gasteiger partial charge in [-0.25, -0.2) is 10.0 Å². The van der Waals surface area contributed by atoms with Crippen molar-refractivity contribution in [2.75, 3.05) is 15.0 Å². The highest BCUT2D eigenvalue weighted by Crippen LogP contribution is 2.51. The number of nitrogens with zero attached hydrogens (tertiary/aromatic N) is 6. The van der Waals surface area contributed by atoms with E-state index in [1.54, 1.807) is 13.8 Å². The first kappa shape index (κ1) is 39.8. The van der Waals surface area contributed by atoms with Crippen LogP contribution >= 0.6 is 0 Å². The van der Waals surface area contributed by atoms with E-state index in [0.717, 1.165) is 19.3 Å². The summed E-state index contributed by atoms with van der Waals surface area (Å²) in [7, 11) is 0. The van der Waals surface area contributed by atoms with E-state index in [0.29, 0.717) is 40.6 Å². The predicted molar refractivity (Wildman–Crippen MR) is 224 cm³/mol. The molecular formula is C46H58N6O3. The van der Waals surface area contributed by atoms with Crippen molar-refractivity contribution in [1.29, 1.82) is 0 Å². The van der Waals surface area contributed by atoms with Gasteiger partial charge in [0, 0.05) is 5.71 Å². The standard InChI is InChI=1S/C46H58N6O3/c1-4-5-6-7-8-9-10-11-12-13-14-15-16-17-27-34-40-42(44(54)51(49-40)38-30-23-19-24-31-38)46(36(3)48-52(45(46)55)39-32-25-20-26-33-39)41-35(2)47-50(43(41)53)37-28-21-18-22-29-37/h18-26,28-33,41-42H,4-17,27,34H2,1-3H3/t41-,42+,46-/m0/s1. The minimum absolute atomic E-state index is 0.335. The van der Waals surface area contributed by atoms with Gasteiger partial charge in [-0.2, -0.15) is 20.3 Å². The third-order valence-corrected chi connectivity index (χ3v) is 11.5. The Bertz CT molecular complexity index is 1840. The van der Waals surface area contributed by atoms with Gasteiger partial charge in [-0.15, -0.1) is 0 Å². The molecule has 0 saturated heterocycles. The summed E-state index contributed by atoms with van der Waals surface area (Å²) >= 11 is 0. The highest BCUT2D eigenvalue weighted by atomic mass is 16.2. The second kappa shape index (κ2) is 19.1. The molecule has 6 rings (SSSR count). The number of rotatable bonds is 21. The molecule has 9 heteroatoms. The molecule has 0 aromatic heterocycles. The van der Waals surface area contributed by atoms with Crippen LogP contribution in [-0.2, 0) is 14.4 Å². The Balaban J connectivity index is 1.21. The van der Waals surface area contributed by atoms with E-state index in [9.17, 15) is 9.59 Å². The summed E-state index contributed by atoms with van der Waals surface area (Å²) in [6.07, 6.45) is 19.4. The zero-order chi connectivity index (χ0) is 38.6. The summed E-state index contributed by atoms with van der Waals surface area (Å²) in [4.78, 5) is 44.9. The first-order chi connectivity index (χ1) is 26.9. The monoisotopic (exact) mass is 742 g/mol. The van der Waals surface area contributed by atoms with Gasteiger partial charge in [0.1, 0.15) is 17.3 Å². The van der Waals surface area contributed by atoms with Crippen LogP contribution in [0.3, 0.4) is 0 Å². The number of carbonyl (C=O) groups is 3. The van der Waals surface area contributed by atoms with Gasteiger partial charge in [-0.05, 0) is 63.1 Å². The number of para-hydroxylation sites is 3. The first-order valence-corrected chi connectivity index (χ1v) is 20.7. The number of carbonyl (C=O) groups excluding carboxylic acids is 3. The molecule has 0 fully saturated rings. The Morgan fingerprint density at radius 3 is 1.36 bits per heavy atom. The maximum absolute atomic E-state index is 15.3. The number of unbranched alkanes of at least 4 members (excludes halogenated alkanes) is 14. The van der Waals surface area contributed by atoms with Crippen LogP contribution in [0, 0.1) is 17.3 Å². The van der Waals surface area contributed by atoms with Crippen molar-refractivity contribution in [3.8, 4) is 0 Å². The Morgan fingerprint density at radius 1 is 0.491 bits per heavy atom. The maximum atomic E-state index is 15.3. The quantitative estimate of drug-likeness (QED) is 0.102. The molecule has 3 amide bonds. The molecule has 0 radical (unpaired) electrons. The van der Waals surface area contributed by atoms with Gasteiger partial charge in [0.2, 0.25) is 0 Å². The zero-order valence-electron chi connectivity index (χ0n) is 33.0. The van der Waals surface area contributed by atoms with Crippen LogP contribution in [0.5, 0.6) is 0 Å². The van der Waals surface area contributed by atoms with Crippen molar-refractivity contribution in [3.63, 3.8) is 0 Å². The van der Waals surface area contributed by atoms with Crippen molar-refractivity contribution < 1.29 is 14.4 Å². The Morgan fingerprint density at radius 2 is 0.891 bits per heavy atom. The number of anilines is 3. The fourth-order valence-corrected chi connectivity index (χ4v) is 8.61. The lowest BCUT2D eigenvalue weighted by atomic mass is 9.60. The largest absolute Gasteiger partial charge is 0.272 e. The van der Waals surface area contributed by atoms with Gasteiger partial charge in [0.15, 0.2) is 0 Å². The Labute approximate surface area is 327 Å². The van der Waals surface area contributed by atoms with Gasteiger partial charge >= 0.3 is 0 Å².